The third kappa shape index (κ3) is 6.99. The highest BCUT2D eigenvalue weighted by Crippen LogP contribution is 2.24. The molecular weight excluding hydrogens is 318 g/mol. The number of nitrogens with zero attached hydrogens (tertiary/aromatic N) is 1. The van der Waals surface area contributed by atoms with E-state index in [0.29, 0.717) is 16.8 Å². The first-order valence-electron chi connectivity index (χ1n) is 7.99. The van der Waals surface area contributed by atoms with Crippen LogP contribution in [-0.2, 0) is 4.74 Å². The lowest BCUT2D eigenvalue weighted by Gasteiger charge is -1.98. The first kappa shape index (κ1) is 20.1. The van der Waals surface area contributed by atoms with Gasteiger partial charge in [-0.1, -0.05) is 43.2 Å². The van der Waals surface area contributed by atoms with Crippen molar-refractivity contribution in [1.29, 1.82) is 0 Å². The van der Waals surface area contributed by atoms with Crippen LogP contribution in [0.4, 0.5) is 5.69 Å². The van der Waals surface area contributed by atoms with Crippen LogP contribution < -0.4 is 0 Å². The fraction of sp³-hybridized carbons (Fsp3) is 0.250. The summed E-state index contributed by atoms with van der Waals surface area (Å²) in [6.07, 6.45) is 5.78. The minimum absolute atomic E-state index is 0.171. The fourth-order valence-electron chi connectivity index (χ4n) is 1.92. The predicted octanol–water partition coefficient (Wildman–Crippen LogP) is 5.39. The summed E-state index contributed by atoms with van der Waals surface area (Å²) in [7, 11) is 1.38. The second-order valence-corrected chi connectivity index (χ2v) is 5.38. The number of benzene rings is 2. The standard InChI is InChI=1S/C11H13NO2.C9H10O2/c1-2-3-4-5-9-8-10(12-14)6-7-11(9)13;1-7-3-5-8(6-4-7)9(10)11-2/h4-8,13H,2-3H2,1H3;3-6H,1-2H3/b5-4-;. The van der Waals surface area contributed by atoms with E-state index in [4.69, 9.17) is 0 Å². The van der Waals surface area contributed by atoms with Crippen molar-refractivity contribution in [1.82, 2.24) is 0 Å². The van der Waals surface area contributed by atoms with E-state index in [1.165, 1.54) is 19.2 Å². The molecule has 0 saturated carbocycles. The van der Waals surface area contributed by atoms with E-state index in [2.05, 4.69) is 16.8 Å². The average molecular weight is 341 g/mol. The van der Waals surface area contributed by atoms with Gasteiger partial charge in [-0.2, -0.15) is 0 Å². The molecule has 2 aromatic rings. The van der Waals surface area contributed by atoms with Crippen LogP contribution in [0.3, 0.4) is 0 Å². The van der Waals surface area contributed by atoms with Crippen LogP contribution in [0, 0.1) is 11.8 Å². The minimum atomic E-state index is -0.287. The van der Waals surface area contributed by atoms with Gasteiger partial charge in [0.15, 0.2) is 0 Å². The molecule has 0 spiro atoms. The Morgan fingerprint density at radius 2 is 1.88 bits per heavy atom. The number of unbranched alkanes of at least 4 members (excludes halogenated alkanes) is 1. The van der Waals surface area contributed by atoms with Crippen molar-refractivity contribution in [2.45, 2.75) is 26.7 Å². The summed E-state index contributed by atoms with van der Waals surface area (Å²) in [5, 5.41) is 12.2. The Hall–Kier alpha value is -2.95. The second-order valence-electron chi connectivity index (χ2n) is 5.38. The topological polar surface area (TPSA) is 76.0 Å². The van der Waals surface area contributed by atoms with Crippen molar-refractivity contribution in [2.75, 3.05) is 7.11 Å². The molecule has 0 amide bonds. The van der Waals surface area contributed by atoms with E-state index >= 15 is 0 Å². The summed E-state index contributed by atoms with van der Waals surface area (Å²) >= 11 is 0. The van der Waals surface area contributed by atoms with Crippen molar-refractivity contribution in [2.24, 2.45) is 5.18 Å². The van der Waals surface area contributed by atoms with Gasteiger partial charge in [0.2, 0.25) is 0 Å². The first-order chi connectivity index (χ1) is 12.0. The second kappa shape index (κ2) is 10.8. The number of rotatable bonds is 5. The molecule has 0 aliphatic carbocycles. The van der Waals surface area contributed by atoms with Gasteiger partial charge < -0.3 is 9.84 Å². The molecule has 0 heterocycles. The molecule has 0 fully saturated rings. The number of aromatic hydroxyl groups is 1. The van der Waals surface area contributed by atoms with Crippen LogP contribution in [0.2, 0.25) is 0 Å². The summed E-state index contributed by atoms with van der Waals surface area (Å²) in [4.78, 5) is 21.1. The highest BCUT2D eigenvalue weighted by atomic mass is 16.5. The van der Waals surface area contributed by atoms with Crippen LogP contribution in [-0.4, -0.2) is 18.2 Å². The zero-order valence-electron chi connectivity index (χ0n) is 14.7. The molecule has 0 aliphatic rings. The van der Waals surface area contributed by atoms with E-state index in [0.717, 1.165) is 18.4 Å². The van der Waals surface area contributed by atoms with Crippen molar-refractivity contribution >= 4 is 17.7 Å². The maximum Gasteiger partial charge on any atom is 0.337 e. The summed E-state index contributed by atoms with van der Waals surface area (Å²) in [5.74, 6) is -0.116. The van der Waals surface area contributed by atoms with Crippen LogP contribution in [0.1, 0.15) is 41.3 Å². The lowest BCUT2D eigenvalue weighted by atomic mass is 10.1. The maximum absolute atomic E-state index is 10.9. The molecule has 2 aromatic carbocycles. The molecule has 132 valence electrons. The molecule has 0 saturated heterocycles. The monoisotopic (exact) mass is 341 g/mol. The highest BCUT2D eigenvalue weighted by Gasteiger charge is 2.02. The molecule has 0 radical (unpaired) electrons. The van der Waals surface area contributed by atoms with Gasteiger partial charge in [-0.3, -0.25) is 0 Å². The van der Waals surface area contributed by atoms with Gasteiger partial charge in [0.1, 0.15) is 11.4 Å². The van der Waals surface area contributed by atoms with Crippen molar-refractivity contribution < 1.29 is 14.6 Å². The number of carbonyl (C=O) groups is 1. The van der Waals surface area contributed by atoms with Crippen LogP contribution in [0.25, 0.3) is 6.08 Å². The molecule has 0 aromatic heterocycles. The zero-order valence-corrected chi connectivity index (χ0v) is 14.7. The van der Waals surface area contributed by atoms with Crippen LogP contribution in [0.5, 0.6) is 5.75 Å². The molecule has 1 N–H and O–H groups in total. The maximum atomic E-state index is 10.9. The average Bonchev–Trinajstić information content (AvgIpc) is 2.64. The third-order valence-corrected chi connectivity index (χ3v) is 3.34. The Kier molecular flexibility index (Phi) is 8.65. The number of ether oxygens (including phenoxy) is 1. The molecule has 5 nitrogen and oxygen atoms in total. The number of aryl methyl sites for hydroxylation is 1. The molecule has 0 atom stereocenters. The normalized spacial score (nSPS) is 10.0. The smallest absolute Gasteiger partial charge is 0.337 e. The van der Waals surface area contributed by atoms with Crippen LogP contribution in [0.15, 0.2) is 53.7 Å². The van der Waals surface area contributed by atoms with Crippen molar-refractivity contribution in [3.63, 3.8) is 0 Å². The number of methoxy groups -OCH3 is 1. The number of carbonyl (C=O) groups excluding carboxylic acids is 1. The van der Waals surface area contributed by atoms with E-state index in [1.807, 2.05) is 25.1 Å². The predicted molar refractivity (Wildman–Crippen MR) is 100 cm³/mol. The number of esters is 1. The number of hydrogen-bond donors (Lipinski definition) is 1. The molecular formula is C20H23NO4. The summed E-state index contributed by atoms with van der Waals surface area (Å²) in [5.41, 5.74) is 2.70. The Morgan fingerprint density at radius 3 is 2.44 bits per heavy atom. The summed E-state index contributed by atoms with van der Waals surface area (Å²) in [6.45, 7) is 4.05. The molecule has 25 heavy (non-hydrogen) atoms. The molecule has 0 unspecified atom stereocenters. The third-order valence-electron chi connectivity index (χ3n) is 3.34. The fourth-order valence-corrected chi connectivity index (χ4v) is 1.92. The van der Waals surface area contributed by atoms with Gasteiger partial charge >= 0.3 is 5.97 Å². The highest BCUT2D eigenvalue weighted by molar-refractivity contribution is 5.89. The first-order valence-corrected chi connectivity index (χ1v) is 7.99. The molecule has 2 rings (SSSR count). The van der Waals surface area contributed by atoms with E-state index in [-0.39, 0.29) is 11.7 Å². The lowest BCUT2D eigenvalue weighted by molar-refractivity contribution is 0.0600. The van der Waals surface area contributed by atoms with Gasteiger partial charge in [0, 0.05) is 5.56 Å². The summed E-state index contributed by atoms with van der Waals surface area (Å²) < 4.78 is 4.54. The molecule has 5 heteroatoms. The SMILES string of the molecule is CCC/C=C\c1cc(N=O)ccc1O.COC(=O)c1ccc(C)cc1. The minimum Gasteiger partial charge on any atom is -0.507 e. The molecule has 0 aliphatic heterocycles. The zero-order chi connectivity index (χ0) is 18.7. The van der Waals surface area contributed by atoms with Gasteiger partial charge in [-0.25, -0.2) is 4.79 Å². The number of allylic oxidation sites excluding steroid dienone is 1. The Bertz CT molecular complexity index is 721. The number of nitroso groups, excluding NO2 is 1. The lowest BCUT2D eigenvalue weighted by Crippen LogP contribution is -2.00. The van der Waals surface area contributed by atoms with Crippen LogP contribution >= 0.6 is 0 Å². The Morgan fingerprint density at radius 1 is 1.20 bits per heavy atom. The molecule has 0 bridgehead atoms. The Labute approximate surface area is 147 Å². The van der Waals surface area contributed by atoms with Gasteiger partial charge in [0.25, 0.3) is 0 Å². The number of phenols is 1. The van der Waals surface area contributed by atoms with Gasteiger partial charge in [-0.05, 0) is 48.9 Å². The van der Waals surface area contributed by atoms with Crippen molar-refractivity contribution in [3.8, 4) is 5.75 Å². The number of hydrogen-bond acceptors (Lipinski definition) is 5. The van der Waals surface area contributed by atoms with Crippen molar-refractivity contribution in [3.05, 3.63) is 70.1 Å². The van der Waals surface area contributed by atoms with E-state index in [1.54, 1.807) is 24.3 Å². The van der Waals surface area contributed by atoms with E-state index < -0.39 is 0 Å². The van der Waals surface area contributed by atoms with Gasteiger partial charge in [-0.15, -0.1) is 4.91 Å². The van der Waals surface area contributed by atoms with E-state index in [9.17, 15) is 14.8 Å². The largest absolute Gasteiger partial charge is 0.507 e. The Balaban J connectivity index is 0.000000257. The van der Waals surface area contributed by atoms with Gasteiger partial charge in [0.05, 0.1) is 12.7 Å². The summed E-state index contributed by atoms with van der Waals surface area (Å²) in [6, 6.07) is 11.8. The number of phenolic OH excluding ortho intramolecular Hbond substituents is 1. The quantitative estimate of drug-likeness (QED) is 0.585.